The van der Waals surface area contributed by atoms with Crippen LogP contribution < -0.4 is 4.74 Å². The van der Waals surface area contributed by atoms with Gasteiger partial charge in [0.05, 0.1) is 5.69 Å². The van der Waals surface area contributed by atoms with E-state index in [4.69, 9.17) is 14.8 Å². The molecule has 0 saturated carbocycles. The molecule has 7 rings (SSSR count). The van der Waals surface area contributed by atoms with Crippen LogP contribution in [0.3, 0.4) is 0 Å². The third-order valence-electron chi connectivity index (χ3n) is 8.61. The molecule has 0 bridgehead atoms. The average molecular weight is 709 g/mol. The first-order valence-electron chi connectivity index (χ1n) is 16.4. The van der Waals surface area contributed by atoms with Crippen LogP contribution in [0.25, 0.3) is 44.4 Å². The second-order valence-corrected chi connectivity index (χ2v) is 11.8. The van der Waals surface area contributed by atoms with Gasteiger partial charge in [0.1, 0.15) is 5.82 Å². The van der Waals surface area contributed by atoms with Crippen LogP contribution in [0.4, 0.5) is 0 Å². The minimum Gasteiger partial charge on any atom is -0.509 e. The molecule has 7 aromatic rings. The van der Waals surface area contributed by atoms with E-state index in [1.165, 1.54) is 36.1 Å². The molecule has 3 aromatic heterocycles. The van der Waals surface area contributed by atoms with Crippen molar-refractivity contribution in [1.29, 1.82) is 0 Å². The van der Waals surface area contributed by atoms with Crippen molar-refractivity contribution in [3.63, 3.8) is 0 Å². The summed E-state index contributed by atoms with van der Waals surface area (Å²) in [6, 6.07) is 40.4. The molecule has 0 fully saturated rings. The summed E-state index contributed by atoms with van der Waals surface area (Å²) in [5.74, 6) is 2.10. The molecule has 3 heterocycles. The zero-order chi connectivity index (χ0) is 31.5. The summed E-state index contributed by atoms with van der Waals surface area (Å²) in [4.78, 5) is 4.70. The fourth-order valence-corrected chi connectivity index (χ4v) is 6.39. The standard InChI is InChI=1S/C41H38N4O.Pd/c1-4-6-7-11-21-38-41(30-15-9-8-10-16-30)36(5-2)43-45(38)31-17-14-18-32(27-31)46-33-22-23-35-34-19-12-13-20-37(34)44(39(35)28-33)40-26-29(3)24-25-42-40;/h8-10,12-20,22-26H,4-7,11,21H2,1-3H3;/q-2;+2. The van der Waals surface area contributed by atoms with E-state index in [1.807, 2.05) is 30.5 Å². The Morgan fingerprint density at radius 1 is 0.766 bits per heavy atom. The minimum atomic E-state index is 0. The molecule has 6 heteroatoms. The Labute approximate surface area is 290 Å². The molecule has 0 unspecified atom stereocenters. The SMILES string of the molecule is CCCCCCc1c(-c2ccccc2)c(CC)nn1-c1[c-]c(Oc2[c-]c3c(cc2)c2ccccc2n3-c2cc(C)ccn2)ccc1.[Pd+2]. The molecule has 0 spiro atoms. The normalized spacial score (nSPS) is 11.2. The van der Waals surface area contributed by atoms with Gasteiger partial charge < -0.3 is 9.30 Å². The van der Waals surface area contributed by atoms with Gasteiger partial charge in [-0.2, -0.15) is 17.2 Å². The number of para-hydroxylation sites is 1. The zero-order valence-corrected chi connectivity index (χ0v) is 28.6. The van der Waals surface area contributed by atoms with E-state index in [2.05, 4.69) is 115 Å². The number of nitrogens with zero attached hydrogens (tertiary/aromatic N) is 4. The van der Waals surface area contributed by atoms with Crippen molar-refractivity contribution in [2.45, 2.75) is 59.3 Å². The van der Waals surface area contributed by atoms with Crippen molar-refractivity contribution in [1.82, 2.24) is 19.3 Å². The predicted octanol–water partition coefficient (Wildman–Crippen LogP) is 10.4. The minimum absolute atomic E-state index is 0. The summed E-state index contributed by atoms with van der Waals surface area (Å²) >= 11 is 0. The molecule has 0 aliphatic rings. The molecule has 4 aromatic carbocycles. The Morgan fingerprint density at radius 3 is 2.38 bits per heavy atom. The van der Waals surface area contributed by atoms with Gasteiger partial charge in [0.25, 0.3) is 0 Å². The second-order valence-electron chi connectivity index (χ2n) is 11.8. The summed E-state index contributed by atoms with van der Waals surface area (Å²) in [5, 5.41) is 7.41. The zero-order valence-electron chi connectivity index (χ0n) is 27.1. The van der Waals surface area contributed by atoms with Crippen molar-refractivity contribution in [3.8, 4) is 34.1 Å². The van der Waals surface area contributed by atoms with Gasteiger partial charge in [-0.25, -0.2) is 4.98 Å². The fraction of sp³-hybridized carbons (Fsp3) is 0.220. The van der Waals surface area contributed by atoms with Crippen LogP contribution in [0.5, 0.6) is 11.5 Å². The molecular weight excluding hydrogens is 671 g/mol. The summed E-state index contributed by atoms with van der Waals surface area (Å²) in [5.41, 5.74) is 8.83. The summed E-state index contributed by atoms with van der Waals surface area (Å²) < 4.78 is 10.7. The third kappa shape index (κ3) is 6.54. The molecule has 47 heavy (non-hydrogen) atoms. The molecule has 238 valence electrons. The second kappa shape index (κ2) is 14.5. The topological polar surface area (TPSA) is 44.9 Å². The number of hydrogen-bond acceptors (Lipinski definition) is 3. The number of pyridine rings is 1. The van der Waals surface area contributed by atoms with Crippen LogP contribution in [0, 0.1) is 19.1 Å². The van der Waals surface area contributed by atoms with Gasteiger partial charge >= 0.3 is 20.4 Å². The molecule has 0 radical (unpaired) electrons. The first-order chi connectivity index (χ1) is 22.6. The largest absolute Gasteiger partial charge is 2.00 e. The van der Waals surface area contributed by atoms with Crippen molar-refractivity contribution in [2.75, 3.05) is 0 Å². The van der Waals surface area contributed by atoms with Crippen molar-refractivity contribution in [3.05, 3.63) is 132 Å². The smallest absolute Gasteiger partial charge is 0.509 e. The van der Waals surface area contributed by atoms with E-state index in [-0.39, 0.29) is 20.4 Å². The van der Waals surface area contributed by atoms with Gasteiger partial charge in [0, 0.05) is 34.5 Å². The number of unbranched alkanes of at least 4 members (excludes halogenated alkanes) is 3. The summed E-state index contributed by atoms with van der Waals surface area (Å²) in [7, 11) is 0. The van der Waals surface area contributed by atoms with Gasteiger partial charge in [0.2, 0.25) is 0 Å². The maximum absolute atomic E-state index is 6.47. The van der Waals surface area contributed by atoms with E-state index in [0.29, 0.717) is 11.5 Å². The van der Waals surface area contributed by atoms with Crippen LogP contribution in [-0.2, 0) is 33.3 Å². The summed E-state index contributed by atoms with van der Waals surface area (Å²) in [6.07, 6.45) is 8.45. The molecular formula is C41H38N4OPd. The number of aromatic nitrogens is 4. The number of rotatable bonds is 11. The van der Waals surface area contributed by atoms with Gasteiger partial charge in [-0.15, -0.1) is 35.7 Å². The van der Waals surface area contributed by atoms with Crippen molar-refractivity contribution < 1.29 is 25.2 Å². The molecule has 5 nitrogen and oxygen atoms in total. The van der Waals surface area contributed by atoms with Crippen LogP contribution in [0.2, 0.25) is 0 Å². The molecule has 0 atom stereocenters. The molecule has 0 N–H and O–H groups in total. The van der Waals surface area contributed by atoms with Gasteiger partial charge in [-0.05, 0) is 66.6 Å². The number of benzene rings is 4. The summed E-state index contributed by atoms with van der Waals surface area (Å²) in [6.45, 7) is 6.52. The van der Waals surface area contributed by atoms with E-state index in [1.54, 1.807) is 0 Å². The predicted molar refractivity (Wildman–Crippen MR) is 187 cm³/mol. The van der Waals surface area contributed by atoms with Crippen LogP contribution in [0.15, 0.2) is 103 Å². The van der Waals surface area contributed by atoms with Crippen molar-refractivity contribution >= 4 is 21.8 Å². The van der Waals surface area contributed by atoms with E-state index in [0.717, 1.165) is 63.8 Å². The Balaban J connectivity index is 0.00000386. The van der Waals surface area contributed by atoms with E-state index >= 15 is 0 Å². The monoisotopic (exact) mass is 708 g/mol. The Morgan fingerprint density at radius 2 is 1.57 bits per heavy atom. The molecule has 0 saturated heterocycles. The van der Waals surface area contributed by atoms with Crippen LogP contribution in [-0.4, -0.2) is 19.3 Å². The van der Waals surface area contributed by atoms with Crippen LogP contribution >= 0.6 is 0 Å². The first kappa shape index (κ1) is 32.4. The Bertz CT molecular complexity index is 2130. The third-order valence-corrected chi connectivity index (χ3v) is 8.61. The Hall–Kier alpha value is -4.50. The number of aryl methyl sites for hydroxylation is 2. The quantitative estimate of drug-likeness (QED) is 0.0763. The first-order valence-corrected chi connectivity index (χ1v) is 16.4. The van der Waals surface area contributed by atoms with Gasteiger partial charge in [0.15, 0.2) is 0 Å². The van der Waals surface area contributed by atoms with Crippen LogP contribution in [0.1, 0.15) is 56.5 Å². The van der Waals surface area contributed by atoms with E-state index < -0.39 is 0 Å². The average Bonchev–Trinajstić information content (AvgIpc) is 3.62. The maximum atomic E-state index is 6.47. The molecule has 0 aliphatic heterocycles. The van der Waals surface area contributed by atoms with Gasteiger partial charge in [-0.3, -0.25) is 4.68 Å². The fourth-order valence-electron chi connectivity index (χ4n) is 6.39. The van der Waals surface area contributed by atoms with E-state index in [9.17, 15) is 0 Å². The van der Waals surface area contributed by atoms with Gasteiger partial charge in [-0.1, -0.05) is 87.2 Å². The number of hydrogen-bond donors (Lipinski definition) is 0. The van der Waals surface area contributed by atoms with Crippen molar-refractivity contribution in [2.24, 2.45) is 0 Å². The molecule has 0 amide bonds. The molecule has 0 aliphatic carbocycles. The maximum Gasteiger partial charge on any atom is 2.00 e. The number of fused-ring (bicyclic) bond motifs is 3. The number of ether oxygens (including phenoxy) is 1. The Kier molecular flexibility index (Phi) is 10.0.